The Morgan fingerprint density at radius 1 is 1.19 bits per heavy atom. The largest absolute Gasteiger partial charge is 0.489 e. The van der Waals surface area contributed by atoms with Crippen LogP contribution in [0.15, 0.2) is 30.5 Å². The zero-order chi connectivity index (χ0) is 15.3. The van der Waals surface area contributed by atoms with Gasteiger partial charge in [0.25, 0.3) is 0 Å². The highest BCUT2D eigenvalue weighted by Gasteiger charge is 2.05. The third-order valence-corrected chi connectivity index (χ3v) is 3.52. The Morgan fingerprint density at radius 3 is 2.81 bits per heavy atom. The molecule has 1 aromatic carbocycles. The Kier molecular flexibility index (Phi) is 9.43. The van der Waals surface area contributed by atoms with Crippen molar-refractivity contribution in [2.75, 3.05) is 6.61 Å². The fourth-order valence-corrected chi connectivity index (χ4v) is 1.84. The zero-order valence-electron chi connectivity index (χ0n) is 13.7. The molecule has 1 unspecified atom stereocenters. The molecule has 1 radical (unpaired) electrons. The molecule has 117 valence electrons. The number of allylic oxidation sites excluding steroid dienone is 1. The molecule has 21 heavy (non-hydrogen) atoms. The van der Waals surface area contributed by atoms with Crippen molar-refractivity contribution >= 4 is 0 Å². The average molecular weight is 289 g/mol. The maximum Gasteiger partial charge on any atom is 0.168 e. The van der Waals surface area contributed by atoms with Crippen molar-refractivity contribution in [2.45, 2.75) is 59.3 Å². The lowest BCUT2D eigenvalue weighted by molar-refractivity contribution is 0.248. The van der Waals surface area contributed by atoms with E-state index >= 15 is 0 Å². The van der Waals surface area contributed by atoms with Crippen molar-refractivity contribution in [2.24, 2.45) is 5.92 Å². The van der Waals surface area contributed by atoms with Gasteiger partial charge < -0.3 is 9.47 Å². The van der Waals surface area contributed by atoms with Crippen molar-refractivity contribution in [3.8, 4) is 11.5 Å². The van der Waals surface area contributed by atoms with Gasteiger partial charge in [0, 0.05) is 0 Å². The molecule has 2 nitrogen and oxygen atoms in total. The summed E-state index contributed by atoms with van der Waals surface area (Å²) in [7, 11) is 0. The molecule has 2 heteroatoms. The van der Waals surface area contributed by atoms with Gasteiger partial charge in [0.15, 0.2) is 11.5 Å². The van der Waals surface area contributed by atoms with Crippen LogP contribution in [0.2, 0.25) is 0 Å². The number of benzene rings is 1. The zero-order valence-corrected chi connectivity index (χ0v) is 13.7. The van der Waals surface area contributed by atoms with Crippen LogP contribution in [-0.2, 0) is 0 Å². The summed E-state index contributed by atoms with van der Waals surface area (Å²) in [4.78, 5) is 0. The van der Waals surface area contributed by atoms with Crippen molar-refractivity contribution in [1.29, 1.82) is 0 Å². The van der Waals surface area contributed by atoms with E-state index in [0.29, 0.717) is 5.92 Å². The smallest absolute Gasteiger partial charge is 0.168 e. The van der Waals surface area contributed by atoms with E-state index in [-0.39, 0.29) is 0 Å². The summed E-state index contributed by atoms with van der Waals surface area (Å²) < 4.78 is 11.5. The fourth-order valence-electron chi connectivity index (χ4n) is 1.84. The van der Waals surface area contributed by atoms with Crippen LogP contribution in [-0.4, -0.2) is 6.61 Å². The summed E-state index contributed by atoms with van der Waals surface area (Å²) in [5.41, 5.74) is 0. The van der Waals surface area contributed by atoms with Crippen LogP contribution in [0.3, 0.4) is 0 Å². The number of ether oxygens (including phenoxy) is 2. The van der Waals surface area contributed by atoms with Crippen LogP contribution >= 0.6 is 0 Å². The van der Waals surface area contributed by atoms with Crippen LogP contribution in [0, 0.1) is 12.0 Å². The maximum absolute atomic E-state index is 5.82. The highest BCUT2D eigenvalue weighted by atomic mass is 16.5. The number of hydrogen-bond acceptors (Lipinski definition) is 2. The number of unbranched alkanes of at least 4 members (excludes halogenated alkanes) is 4. The quantitative estimate of drug-likeness (QED) is 0.380. The molecule has 0 amide bonds. The van der Waals surface area contributed by atoms with E-state index in [0.717, 1.165) is 30.9 Å². The molecule has 0 aliphatic rings. The van der Waals surface area contributed by atoms with E-state index in [1.165, 1.54) is 25.7 Å². The van der Waals surface area contributed by atoms with Crippen molar-refractivity contribution in [3.63, 3.8) is 0 Å². The minimum absolute atomic E-state index is 0.552. The first kappa shape index (κ1) is 17.6. The van der Waals surface area contributed by atoms with Gasteiger partial charge in [-0.05, 0) is 43.0 Å². The third-order valence-electron chi connectivity index (χ3n) is 3.52. The predicted octanol–water partition coefficient (Wildman–Crippen LogP) is 5.77. The first-order valence-corrected chi connectivity index (χ1v) is 8.22. The molecule has 0 heterocycles. The maximum atomic E-state index is 5.82. The standard InChI is InChI=1S/C19H29O2/c1-4-6-7-8-9-12-15-20-18-13-10-11-14-19(18)21-16-17(3)5-2/h11-15,17H,4-9,16H2,1-3H3. The van der Waals surface area contributed by atoms with Crippen LogP contribution in [0.5, 0.6) is 11.5 Å². The molecular weight excluding hydrogens is 260 g/mol. The summed E-state index contributed by atoms with van der Waals surface area (Å²) in [5.74, 6) is 2.09. The van der Waals surface area contributed by atoms with Gasteiger partial charge >= 0.3 is 0 Å². The Hall–Kier alpha value is -1.44. The van der Waals surface area contributed by atoms with Crippen LogP contribution in [0.4, 0.5) is 0 Å². The third kappa shape index (κ3) is 7.79. The van der Waals surface area contributed by atoms with Gasteiger partial charge in [0.1, 0.15) is 0 Å². The van der Waals surface area contributed by atoms with E-state index in [2.05, 4.69) is 32.9 Å². The van der Waals surface area contributed by atoms with Crippen LogP contribution in [0.25, 0.3) is 0 Å². The lowest BCUT2D eigenvalue weighted by Crippen LogP contribution is -2.07. The molecule has 0 aliphatic carbocycles. The Labute approximate surface area is 130 Å². The molecular formula is C19H29O2. The fraction of sp³-hybridized carbons (Fsp3) is 0.579. The van der Waals surface area contributed by atoms with Crippen molar-refractivity contribution in [3.05, 3.63) is 36.6 Å². The summed E-state index contributed by atoms with van der Waals surface area (Å²) in [6, 6.07) is 8.62. The SMILES string of the molecule is CCCCCCC=COc1c[c]ccc1OCC(C)CC. The molecule has 1 rings (SSSR count). The second kappa shape index (κ2) is 11.2. The van der Waals surface area contributed by atoms with E-state index in [4.69, 9.17) is 9.47 Å². The van der Waals surface area contributed by atoms with E-state index in [1.807, 2.05) is 18.2 Å². The van der Waals surface area contributed by atoms with Crippen molar-refractivity contribution < 1.29 is 9.47 Å². The first-order chi connectivity index (χ1) is 10.3. The lowest BCUT2D eigenvalue weighted by atomic mass is 10.1. The number of rotatable bonds is 11. The lowest BCUT2D eigenvalue weighted by Gasteiger charge is -2.13. The minimum Gasteiger partial charge on any atom is -0.489 e. The molecule has 0 fully saturated rings. The molecule has 0 aromatic heterocycles. The predicted molar refractivity (Wildman–Crippen MR) is 88.8 cm³/mol. The molecule has 0 bridgehead atoms. The van der Waals surface area contributed by atoms with Crippen LogP contribution < -0.4 is 9.47 Å². The Bertz CT molecular complexity index is 398. The van der Waals surface area contributed by atoms with Gasteiger partial charge in [-0.15, -0.1) is 0 Å². The second-order valence-electron chi connectivity index (χ2n) is 5.54. The molecule has 0 saturated heterocycles. The molecule has 0 spiro atoms. The average Bonchev–Trinajstić information content (AvgIpc) is 2.52. The van der Waals surface area contributed by atoms with E-state index < -0.39 is 0 Å². The Morgan fingerprint density at radius 2 is 2.05 bits per heavy atom. The summed E-state index contributed by atoms with van der Waals surface area (Å²) in [6.07, 6.45) is 11.2. The Balaban J connectivity index is 2.38. The monoisotopic (exact) mass is 289 g/mol. The topological polar surface area (TPSA) is 18.5 Å². The summed E-state index contributed by atoms with van der Waals surface area (Å²) >= 11 is 0. The van der Waals surface area contributed by atoms with Gasteiger partial charge in [-0.1, -0.05) is 52.5 Å². The second-order valence-corrected chi connectivity index (χ2v) is 5.54. The van der Waals surface area contributed by atoms with Crippen LogP contribution in [0.1, 0.15) is 59.3 Å². The van der Waals surface area contributed by atoms with E-state index in [1.54, 1.807) is 6.26 Å². The molecule has 1 atom stereocenters. The van der Waals surface area contributed by atoms with Gasteiger partial charge in [-0.3, -0.25) is 0 Å². The van der Waals surface area contributed by atoms with Gasteiger partial charge in [0.2, 0.25) is 0 Å². The van der Waals surface area contributed by atoms with Gasteiger partial charge in [-0.2, -0.15) is 0 Å². The highest BCUT2D eigenvalue weighted by molar-refractivity contribution is 5.39. The number of hydrogen-bond donors (Lipinski definition) is 0. The molecule has 0 N–H and O–H groups in total. The first-order valence-electron chi connectivity index (χ1n) is 8.22. The van der Waals surface area contributed by atoms with Gasteiger partial charge in [0.05, 0.1) is 12.9 Å². The molecule has 0 aliphatic heterocycles. The normalized spacial score (nSPS) is 12.5. The summed E-state index contributed by atoms with van der Waals surface area (Å²) in [5, 5.41) is 0. The van der Waals surface area contributed by atoms with Crippen molar-refractivity contribution in [1.82, 2.24) is 0 Å². The van der Waals surface area contributed by atoms with E-state index in [9.17, 15) is 0 Å². The summed E-state index contributed by atoms with van der Waals surface area (Å²) in [6.45, 7) is 7.31. The molecule has 1 aromatic rings. The molecule has 0 saturated carbocycles. The minimum atomic E-state index is 0.552. The van der Waals surface area contributed by atoms with Gasteiger partial charge in [-0.25, -0.2) is 0 Å². The highest BCUT2D eigenvalue weighted by Crippen LogP contribution is 2.27.